The third kappa shape index (κ3) is 7.17. The highest BCUT2D eigenvalue weighted by atomic mass is 32.2. The number of rotatable bonds is 6. The maximum Gasteiger partial charge on any atom is 0.271 e. The molecule has 244 valence electrons. The molecule has 5 rings (SSSR count). The number of fused-ring (bicyclic) bond motifs is 2. The molecule has 3 aromatic heterocycles. The highest BCUT2D eigenvalue weighted by Gasteiger charge is 2.31. The number of carbonyl (C=O) groups is 3. The highest BCUT2D eigenvalue weighted by Crippen LogP contribution is 2.25. The first-order valence-electron chi connectivity index (χ1n) is 15.4. The van der Waals surface area contributed by atoms with Crippen molar-refractivity contribution in [2.45, 2.75) is 65.6 Å². The maximum atomic E-state index is 14.0. The van der Waals surface area contributed by atoms with E-state index < -0.39 is 23.6 Å². The fourth-order valence-electron chi connectivity index (χ4n) is 5.47. The van der Waals surface area contributed by atoms with Crippen molar-refractivity contribution in [1.82, 2.24) is 39.7 Å². The van der Waals surface area contributed by atoms with Crippen LogP contribution >= 0.6 is 23.1 Å². The summed E-state index contributed by atoms with van der Waals surface area (Å²) in [6.45, 7) is 8.42. The fraction of sp³-hybridized carbons (Fsp3) is 0.469. The summed E-state index contributed by atoms with van der Waals surface area (Å²) in [5.74, 6) is 0.683. The molecule has 4 aromatic rings. The average molecular weight is 665 g/mol. The summed E-state index contributed by atoms with van der Waals surface area (Å²) in [6.07, 6.45) is 4.24. The Labute approximate surface area is 276 Å². The molecule has 4 heterocycles. The predicted molar refractivity (Wildman–Crippen MR) is 180 cm³/mol. The normalized spacial score (nSPS) is 18.3. The van der Waals surface area contributed by atoms with Crippen molar-refractivity contribution >= 4 is 45.8 Å². The van der Waals surface area contributed by atoms with Gasteiger partial charge in [0.2, 0.25) is 11.8 Å². The zero-order valence-corrected chi connectivity index (χ0v) is 28.4. The Morgan fingerprint density at radius 3 is 2.57 bits per heavy atom. The highest BCUT2D eigenvalue weighted by molar-refractivity contribution is 7.98. The molecule has 0 fully saturated rings. The van der Waals surface area contributed by atoms with Crippen molar-refractivity contribution in [3.63, 3.8) is 0 Å². The second kappa shape index (κ2) is 14.6. The number of nitrogens with zero attached hydrogens (tertiary/aromatic N) is 6. The topological polar surface area (TPSA) is 144 Å². The zero-order chi connectivity index (χ0) is 33.0. The van der Waals surface area contributed by atoms with Crippen LogP contribution in [0.25, 0.3) is 16.3 Å². The van der Waals surface area contributed by atoms with E-state index in [0.717, 1.165) is 16.1 Å². The Balaban J connectivity index is 1.55. The summed E-state index contributed by atoms with van der Waals surface area (Å²) in [7, 11) is 0. The van der Waals surface area contributed by atoms with E-state index in [1.165, 1.54) is 21.9 Å². The lowest BCUT2D eigenvalue weighted by molar-refractivity contribution is -0.129. The van der Waals surface area contributed by atoms with Crippen molar-refractivity contribution in [3.05, 3.63) is 68.8 Å². The predicted octanol–water partition coefficient (Wildman–Crippen LogP) is 3.62. The molecule has 12 nitrogen and oxygen atoms in total. The lowest BCUT2D eigenvalue weighted by atomic mass is 10.0. The van der Waals surface area contributed by atoms with Crippen molar-refractivity contribution in [2.75, 3.05) is 25.1 Å². The third-order valence-corrected chi connectivity index (χ3v) is 9.90. The maximum absolute atomic E-state index is 14.0. The smallest absolute Gasteiger partial charge is 0.271 e. The molecule has 1 aromatic carbocycles. The summed E-state index contributed by atoms with van der Waals surface area (Å²) in [4.78, 5) is 66.6. The number of thiazole rings is 1. The molecular weight excluding hydrogens is 625 g/mol. The Kier molecular flexibility index (Phi) is 10.6. The van der Waals surface area contributed by atoms with Gasteiger partial charge in [0.25, 0.3) is 11.5 Å². The zero-order valence-electron chi connectivity index (χ0n) is 26.8. The van der Waals surface area contributed by atoms with Gasteiger partial charge in [-0.25, -0.2) is 14.6 Å². The van der Waals surface area contributed by atoms with Crippen LogP contribution < -0.4 is 16.2 Å². The van der Waals surface area contributed by atoms with E-state index in [-0.39, 0.29) is 49.4 Å². The van der Waals surface area contributed by atoms with Crippen LogP contribution in [0.1, 0.15) is 65.9 Å². The molecule has 1 aliphatic rings. The number of thioether (sulfide) groups is 1. The van der Waals surface area contributed by atoms with Gasteiger partial charge in [-0.2, -0.15) is 16.9 Å². The first-order chi connectivity index (χ1) is 22.1. The summed E-state index contributed by atoms with van der Waals surface area (Å²) in [6, 6.07) is 8.34. The van der Waals surface area contributed by atoms with Crippen molar-refractivity contribution in [1.29, 1.82) is 0 Å². The first kappa shape index (κ1) is 33.3. The van der Waals surface area contributed by atoms with E-state index >= 15 is 0 Å². The van der Waals surface area contributed by atoms with Gasteiger partial charge in [-0.1, -0.05) is 44.2 Å². The van der Waals surface area contributed by atoms with Gasteiger partial charge >= 0.3 is 0 Å². The summed E-state index contributed by atoms with van der Waals surface area (Å²) in [5.41, 5.74) is 1.13. The third-order valence-electron chi connectivity index (χ3n) is 8.19. The minimum absolute atomic E-state index is 0.0304. The second-order valence-electron chi connectivity index (χ2n) is 11.7. The monoisotopic (exact) mass is 664 g/mol. The minimum atomic E-state index is -0.720. The number of benzene rings is 1. The van der Waals surface area contributed by atoms with Gasteiger partial charge in [0, 0.05) is 41.8 Å². The lowest BCUT2D eigenvalue weighted by Gasteiger charge is -2.27. The Hall–Kier alpha value is -4.04. The van der Waals surface area contributed by atoms with Gasteiger partial charge in [-0.15, -0.1) is 11.3 Å². The van der Waals surface area contributed by atoms with Crippen molar-refractivity contribution in [3.8, 4) is 11.4 Å². The molecule has 0 spiro atoms. The van der Waals surface area contributed by atoms with Gasteiger partial charge in [0.05, 0.1) is 12.6 Å². The first-order valence-corrected chi connectivity index (χ1v) is 17.7. The van der Waals surface area contributed by atoms with Crippen molar-refractivity contribution in [2.24, 2.45) is 5.92 Å². The van der Waals surface area contributed by atoms with E-state index in [9.17, 15) is 19.2 Å². The van der Waals surface area contributed by atoms with Gasteiger partial charge in [0.1, 0.15) is 11.6 Å². The number of nitrogens with one attached hydrogen (secondary N) is 2. The van der Waals surface area contributed by atoms with Gasteiger partial charge in [-0.3, -0.25) is 23.6 Å². The van der Waals surface area contributed by atoms with Gasteiger partial charge < -0.3 is 15.5 Å². The van der Waals surface area contributed by atoms with E-state index in [1.54, 1.807) is 21.3 Å². The van der Waals surface area contributed by atoms with Crippen LogP contribution in [0.2, 0.25) is 0 Å². The SMILES string of the molecule is CSCC[C@@H]1NC(=O)CCCN(C(=O)c2cnc3sc(C)c(C)n3c2=O)CCn2nc(-c3ccccc3)nc2[C@@H](C(C)C)NC1=O. The minimum Gasteiger partial charge on any atom is -0.344 e. The van der Waals surface area contributed by atoms with Crippen LogP contribution in [0.5, 0.6) is 0 Å². The second-order valence-corrected chi connectivity index (χ2v) is 13.9. The molecule has 14 heteroatoms. The quantitative estimate of drug-likeness (QED) is 0.318. The number of aromatic nitrogens is 5. The van der Waals surface area contributed by atoms with E-state index in [0.29, 0.717) is 35.2 Å². The fourth-order valence-corrected chi connectivity index (χ4v) is 6.87. The lowest BCUT2D eigenvalue weighted by Crippen LogP contribution is -2.49. The molecule has 0 radical (unpaired) electrons. The number of carbonyl (C=O) groups excluding carboxylic acids is 3. The molecule has 2 N–H and O–H groups in total. The molecule has 46 heavy (non-hydrogen) atoms. The van der Waals surface area contributed by atoms with Crippen LogP contribution in [-0.2, 0) is 16.1 Å². The van der Waals surface area contributed by atoms with Gasteiger partial charge in [-0.05, 0) is 44.6 Å². The van der Waals surface area contributed by atoms with E-state index in [1.807, 2.05) is 64.3 Å². The molecule has 0 unspecified atom stereocenters. The molecule has 0 aliphatic carbocycles. The van der Waals surface area contributed by atoms with E-state index in [4.69, 9.17) is 10.1 Å². The van der Waals surface area contributed by atoms with Crippen LogP contribution in [0.4, 0.5) is 0 Å². The molecule has 3 amide bonds. The summed E-state index contributed by atoms with van der Waals surface area (Å²) < 4.78 is 3.23. The number of aryl methyl sites for hydroxylation is 2. The van der Waals surface area contributed by atoms with E-state index in [2.05, 4.69) is 15.6 Å². The number of hydrogen-bond acceptors (Lipinski definition) is 9. The Bertz CT molecular complexity index is 1780. The van der Waals surface area contributed by atoms with Crippen LogP contribution in [0.3, 0.4) is 0 Å². The standard InChI is InChI=1S/C32H40N8O4S2/c1-19(2)26-28-36-27(22-10-7-6-8-11-22)37-39(28)16-15-38(14-9-12-25(41)34-24(13-17-45-5)29(42)35-26)30(43)23-18-33-32-40(31(23)44)20(3)21(4)46-32/h6-8,10-11,18-19,24,26H,9,12-17H2,1-5H3,(H,34,41)(H,35,42)/t24-,26+/m0/s1. The molecule has 0 bridgehead atoms. The Morgan fingerprint density at radius 2 is 1.85 bits per heavy atom. The molecule has 0 saturated heterocycles. The largest absolute Gasteiger partial charge is 0.344 e. The molecular formula is C32H40N8O4S2. The molecule has 1 aliphatic heterocycles. The average Bonchev–Trinajstić information content (AvgIpc) is 3.59. The molecule has 2 atom stereocenters. The summed E-state index contributed by atoms with van der Waals surface area (Å²) >= 11 is 3.00. The van der Waals surface area contributed by atoms with Crippen LogP contribution in [0, 0.1) is 19.8 Å². The Morgan fingerprint density at radius 1 is 1.09 bits per heavy atom. The van der Waals surface area contributed by atoms with Crippen molar-refractivity contribution < 1.29 is 14.4 Å². The number of amides is 3. The van der Waals surface area contributed by atoms with Gasteiger partial charge in [0.15, 0.2) is 16.6 Å². The van der Waals surface area contributed by atoms with Crippen LogP contribution in [-0.4, -0.2) is 77.9 Å². The molecule has 0 saturated carbocycles. The van der Waals surface area contributed by atoms with Crippen LogP contribution in [0.15, 0.2) is 41.3 Å². The number of hydrogen-bond donors (Lipinski definition) is 2. The summed E-state index contributed by atoms with van der Waals surface area (Å²) in [5, 5.41) is 10.9.